The Bertz CT molecular complexity index is 1070. The summed E-state index contributed by atoms with van der Waals surface area (Å²) in [4.78, 5) is 21.1. The minimum atomic E-state index is -0.342. The highest BCUT2D eigenvalue weighted by molar-refractivity contribution is 6.31. The summed E-state index contributed by atoms with van der Waals surface area (Å²) in [5.41, 5.74) is 2.33. The predicted molar refractivity (Wildman–Crippen MR) is 122 cm³/mol. The number of pyridine rings is 1. The number of carbonyl (C=O) groups excluding carboxylic acids is 1. The van der Waals surface area contributed by atoms with Crippen molar-refractivity contribution in [3.8, 4) is 0 Å². The Balaban J connectivity index is 1.48. The molecule has 0 atom stereocenters. The number of carbonyl (C=O) groups is 1. The summed E-state index contributed by atoms with van der Waals surface area (Å²) in [6.07, 6.45) is 0. The normalized spacial score (nSPS) is 14.0. The Morgan fingerprint density at radius 3 is 2.55 bits per heavy atom. The van der Waals surface area contributed by atoms with Gasteiger partial charge in [0.2, 0.25) is 0 Å². The summed E-state index contributed by atoms with van der Waals surface area (Å²) in [6, 6.07) is 13.1. The fraction of sp³-hybridized carbons (Fsp3) is 0.273. The second-order valence-corrected chi connectivity index (χ2v) is 7.69. The number of nitrogens with one attached hydrogen (secondary N) is 2. The van der Waals surface area contributed by atoms with Crippen molar-refractivity contribution in [1.82, 2.24) is 9.88 Å². The lowest BCUT2D eigenvalue weighted by molar-refractivity contribution is 0.208. The molecule has 162 valence electrons. The third-order valence-electron chi connectivity index (χ3n) is 5.17. The SMILES string of the molecule is O=C(Nc1ccc(F)cc1)N1CCN(c2cc(NCCO)nc3cc(Cl)ccc23)CC1. The van der Waals surface area contributed by atoms with Gasteiger partial charge in [-0.3, -0.25) is 0 Å². The van der Waals surface area contributed by atoms with E-state index in [1.54, 1.807) is 17.0 Å². The molecule has 0 unspecified atom stereocenters. The van der Waals surface area contributed by atoms with Crippen molar-refractivity contribution in [1.29, 1.82) is 0 Å². The van der Waals surface area contributed by atoms with Gasteiger partial charge < -0.3 is 25.5 Å². The predicted octanol–water partition coefficient (Wildman–Crippen LogP) is 3.79. The van der Waals surface area contributed by atoms with Crippen LogP contribution in [-0.4, -0.2) is 60.4 Å². The van der Waals surface area contributed by atoms with Crippen molar-refractivity contribution in [2.75, 3.05) is 54.9 Å². The van der Waals surface area contributed by atoms with Gasteiger partial charge in [-0.1, -0.05) is 11.6 Å². The van der Waals surface area contributed by atoms with Crippen LogP contribution in [0.1, 0.15) is 0 Å². The van der Waals surface area contributed by atoms with Gasteiger partial charge in [0.1, 0.15) is 11.6 Å². The van der Waals surface area contributed by atoms with Crippen LogP contribution in [-0.2, 0) is 0 Å². The van der Waals surface area contributed by atoms with Gasteiger partial charge in [0.25, 0.3) is 0 Å². The number of aliphatic hydroxyl groups is 1. The second kappa shape index (κ2) is 9.36. The lowest BCUT2D eigenvalue weighted by Gasteiger charge is -2.36. The molecule has 1 aromatic heterocycles. The van der Waals surface area contributed by atoms with Crippen LogP contribution in [0.2, 0.25) is 5.02 Å². The van der Waals surface area contributed by atoms with E-state index in [4.69, 9.17) is 16.7 Å². The number of anilines is 3. The number of halogens is 2. The zero-order chi connectivity index (χ0) is 21.8. The van der Waals surface area contributed by atoms with Gasteiger partial charge in [0.05, 0.1) is 12.1 Å². The van der Waals surface area contributed by atoms with Gasteiger partial charge in [-0.15, -0.1) is 0 Å². The lowest BCUT2D eigenvalue weighted by atomic mass is 10.1. The molecule has 9 heteroatoms. The van der Waals surface area contributed by atoms with Gasteiger partial charge in [-0.25, -0.2) is 14.2 Å². The summed E-state index contributed by atoms with van der Waals surface area (Å²) in [5, 5.41) is 16.6. The number of urea groups is 1. The van der Waals surface area contributed by atoms with Crippen LogP contribution in [0.3, 0.4) is 0 Å². The quantitative estimate of drug-likeness (QED) is 0.559. The minimum Gasteiger partial charge on any atom is -0.395 e. The Hall–Kier alpha value is -3.10. The molecule has 31 heavy (non-hydrogen) atoms. The number of aliphatic hydroxyl groups excluding tert-OH is 1. The van der Waals surface area contributed by atoms with Crippen LogP contribution >= 0.6 is 11.6 Å². The molecule has 1 aliphatic heterocycles. The van der Waals surface area contributed by atoms with Crippen molar-refractivity contribution in [3.63, 3.8) is 0 Å². The molecular weight excluding hydrogens is 421 g/mol. The van der Waals surface area contributed by atoms with E-state index < -0.39 is 0 Å². The number of aromatic nitrogens is 1. The van der Waals surface area contributed by atoms with Gasteiger partial charge in [-0.05, 0) is 42.5 Å². The molecular formula is C22H23ClFN5O2. The maximum absolute atomic E-state index is 13.1. The molecule has 1 fully saturated rings. The Kier molecular flexibility index (Phi) is 6.39. The fourth-order valence-electron chi connectivity index (χ4n) is 3.61. The Labute approximate surface area is 184 Å². The Morgan fingerprint density at radius 2 is 1.84 bits per heavy atom. The first-order valence-corrected chi connectivity index (χ1v) is 10.4. The molecule has 0 saturated carbocycles. The van der Waals surface area contributed by atoms with E-state index in [1.165, 1.54) is 12.1 Å². The minimum absolute atomic E-state index is 0.00639. The van der Waals surface area contributed by atoms with Crippen molar-refractivity contribution in [2.45, 2.75) is 0 Å². The van der Waals surface area contributed by atoms with Crippen molar-refractivity contribution in [3.05, 3.63) is 59.4 Å². The lowest BCUT2D eigenvalue weighted by Crippen LogP contribution is -2.50. The molecule has 7 nitrogen and oxygen atoms in total. The zero-order valence-corrected chi connectivity index (χ0v) is 17.6. The monoisotopic (exact) mass is 443 g/mol. The number of hydrogen-bond acceptors (Lipinski definition) is 5. The first kappa shape index (κ1) is 21.1. The van der Waals surface area contributed by atoms with Crippen molar-refractivity contribution < 1.29 is 14.3 Å². The largest absolute Gasteiger partial charge is 0.395 e. The third kappa shape index (κ3) is 4.98. The first-order valence-electron chi connectivity index (χ1n) is 10.0. The molecule has 0 aliphatic carbocycles. The summed E-state index contributed by atoms with van der Waals surface area (Å²) >= 11 is 6.16. The van der Waals surface area contributed by atoms with E-state index in [1.807, 2.05) is 24.3 Å². The maximum Gasteiger partial charge on any atom is 0.321 e. The van der Waals surface area contributed by atoms with E-state index >= 15 is 0 Å². The van der Waals surface area contributed by atoms with Crippen LogP contribution in [0.5, 0.6) is 0 Å². The number of piperazine rings is 1. The molecule has 4 rings (SSSR count). The van der Waals surface area contributed by atoms with Gasteiger partial charge in [0.15, 0.2) is 0 Å². The highest BCUT2D eigenvalue weighted by Crippen LogP contribution is 2.31. The maximum atomic E-state index is 13.1. The molecule has 0 spiro atoms. The van der Waals surface area contributed by atoms with E-state index in [-0.39, 0.29) is 18.5 Å². The number of amides is 2. The summed E-state index contributed by atoms with van der Waals surface area (Å²) in [5.74, 6) is 0.320. The standard InChI is InChI=1S/C22H23ClFN5O2/c23-15-1-6-18-19(13-15)27-21(25-7-12-30)14-20(18)28-8-10-29(11-9-28)22(31)26-17-4-2-16(24)3-5-17/h1-6,13-14,30H,7-12H2,(H,25,27)(H,26,31). The molecule has 0 radical (unpaired) electrons. The summed E-state index contributed by atoms with van der Waals surface area (Å²) in [7, 11) is 0. The molecule has 0 bridgehead atoms. The number of nitrogens with zero attached hydrogens (tertiary/aromatic N) is 3. The smallest absolute Gasteiger partial charge is 0.321 e. The van der Waals surface area contributed by atoms with Crippen LogP contribution < -0.4 is 15.5 Å². The first-order chi connectivity index (χ1) is 15.0. The van der Waals surface area contributed by atoms with E-state index in [9.17, 15) is 9.18 Å². The molecule has 2 heterocycles. The van der Waals surface area contributed by atoms with Gasteiger partial charge >= 0.3 is 6.03 Å². The summed E-state index contributed by atoms with van der Waals surface area (Å²) in [6.45, 7) is 2.80. The van der Waals surface area contributed by atoms with Crippen LogP contribution in [0, 0.1) is 5.82 Å². The van der Waals surface area contributed by atoms with Crippen molar-refractivity contribution in [2.24, 2.45) is 0 Å². The highest BCUT2D eigenvalue weighted by atomic mass is 35.5. The molecule has 2 aromatic carbocycles. The number of rotatable bonds is 5. The molecule has 3 N–H and O–H groups in total. The van der Waals surface area contributed by atoms with E-state index in [0.717, 1.165) is 16.6 Å². The topological polar surface area (TPSA) is 80.7 Å². The van der Waals surface area contributed by atoms with Crippen LogP contribution in [0.25, 0.3) is 10.9 Å². The fourth-order valence-corrected chi connectivity index (χ4v) is 3.77. The van der Waals surface area contributed by atoms with Crippen molar-refractivity contribution >= 4 is 45.7 Å². The average molecular weight is 444 g/mol. The molecule has 1 aliphatic rings. The second-order valence-electron chi connectivity index (χ2n) is 7.25. The van der Waals surface area contributed by atoms with Gasteiger partial charge in [-0.2, -0.15) is 0 Å². The number of benzene rings is 2. The average Bonchev–Trinajstić information content (AvgIpc) is 2.78. The van der Waals surface area contributed by atoms with Crippen LogP contribution in [0.4, 0.5) is 26.4 Å². The number of hydrogen-bond donors (Lipinski definition) is 3. The third-order valence-corrected chi connectivity index (χ3v) is 5.41. The Morgan fingerprint density at radius 1 is 1.10 bits per heavy atom. The zero-order valence-electron chi connectivity index (χ0n) is 16.8. The van der Waals surface area contributed by atoms with E-state index in [2.05, 4.69) is 20.5 Å². The summed E-state index contributed by atoms with van der Waals surface area (Å²) < 4.78 is 13.1. The molecule has 2 amide bonds. The van der Waals surface area contributed by atoms with Gasteiger partial charge in [0, 0.05) is 60.6 Å². The molecule has 3 aromatic rings. The van der Waals surface area contributed by atoms with Crippen LogP contribution in [0.15, 0.2) is 48.5 Å². The van der Waals surface area contributed by atoms with E-state index in [0.29, 0.717) is 49.3 Å². The molecule has 1 saturated heterocycles. The number of fused-ring (bicyclic) bond motifs is 1. The highest BCUT2D eigenvalue weighted by Gasteiger charge is 2.23.